The third kappa shape index (κ3) is 6.31. The number of alkyl halides is 1. The van der Waals surface area contributed by atoms with Crippen LogP contribution in [0.25, 0.3) is 0 Å². The molecule has 0 aromatic heterocycles. The molecule has 2 saturated carbocycles. The van der Waals surface area contributed by atoms with Gasteiger partial charge in [-0.1, -0.05) is 42.7 Å². The lowest BCUT2D eigenvalue weighted by Crippen LogP contribution is -2.25. The van der Waals surface area contributed by atoms with Crippen molar-refractivity contribution in [2.75, 3.05) is 6.67 Å². The van der Waals surface area contributed by atoms with Crippen molar-refractivity contribution in [2.45, 2.75) is 70.6 Å². The number of hydrogen-bond donors (Lipinski definition) is 0. The van der Waals surface area contributed by atoms with Gasteiger partial charge in [-0.25, -0.2) is 4.39 Å². The van der Waals surface area contributed by atoms with Crippen LogP contribution >= 0.6 is 11.6 Å². The molecule has 0 unspecified atom stereocenters. The Hall–Kier alpha value is -0.890. The minimum absolute atomic E-state index is 0.215. The van der Waals surface area contributed by atoms with Gasteiger partial charge in [0.1, 0.15) is 5.82 Å². The van der Waals surface area contributed by atoms with Gasteiger partial charge in [0.2, 0.25) is 0 Å². The van der Waals surface area contributed by atoms with Crippen molar-refractivity contribution in [2.24, 2.45) is 23.7 Å². The van der Waals surface area contributed by atoms with Crippen LogP contribution in [0.4, 0.5) is 8.78 Å². The first-order valence-electron chi connectivity index (χ1n) is 10.8. The van der Waals surface area contributed by atoms with Crippen LogP contribution < -0.4 is 0 Å². The van der Waals surface area contributed by atoms with E-state index >= 15 is 0 Å². The van der Waals surface area contributed by atoms with E-state index in [4.69, 9.17) is 11.6 Å². The number of halogens is 3. The molecule has 3 heteroatoms. The second kappa shape index (κ2) is 10.6. The Kier molecular flexibility index (Phi) is 8.18. The van der Waals surface area contributed by atoms with Crippen LogP contribution in [0, 0.1) is 29.5 Å². The highest BCUT2D eigenvalue weighted by molar-refractivity contribution is 6.30. The maximum Gasteiger partial charge on any atom is 0.142 e. The Morgan fingerprint density at radius 1 is 0.963 bits per heavy atom. The second-order valence-electron chi connectivity index (χ2n) is 8.65. The van der Waals surface area contributed by atoms with Crippen molar-refractivity contribution >= 4 is 11.6 Å². The van der Waals surface area contributed by atoms with Gasteiger partial charge in [-0.05, 0) is 99.2 Å². The zero-order valence-corrected chi connectivity index (χ0v) is 17.1. The molecule has 2 aliphatic carbocycles. The molecule has 0 aliphatic heterocycles. The first kappa shape index (κ1) is 20.8. The van der Waals surface area contributed by atoms with Gasteiger partial charge in [0.05, 0.1) is 11.7 Å². The maximum atomic E-state index is 13.6. The number of rotatable bonds is 7. The normalized spacial score (nSPS) is 29.3. The summed E-state index contributed by atoms with van der Waals surface area (Å²) in [6, 6.07) is 5.22. The number of hydrogen-bond acceptors (Lipinski definition) is 0. The first-order chi connectivity index (χ1) is 13.2. The summed E-state index contributed by atoms with van der Waals surface area (Å²) in [4.78, 5) is 0. The van der Waals surface area contributed by atoms with E-state index in [1.54, 1.807) is 12.1 Å². The van der Waals surface area contributed by atoms with E-state index in [0.717, 1.165) is 29.7 Å². The van der Waals surface area contributed by atoms with E-state index in [2.05, 4.69) is 6.08 Å². The standard InChI is InChI=1S/C24H33ClF2/c25-23-15-10-20(17-24(23)27)5-4-19-8-13-22(14-9-19)21-11-6-18(7-12-21)3-1-2-16-26/h1,3,10,15,17-19,21-22H,2,4-9,11-14,16H2/b3-1+. The van der Waals surface area contributed by atoms with Crippen molar-refractivity contribution in [3.8, 4) is 0 Å². The van der Waals surface area contributed by atoms with Gasteiger partial charge in [-0.2, -0.15) is 0 Å². The van der Waals surface area contributed by atoms with E-state index in [9.17, 15) is 8.78 Å². The summed E-state index contributed by atoms with van der Waals surface area (Å²) in [5.41, 5.74) is 1.07. The molecule has 1 aromatic rings. The van der Waals surface area contributed by atoms with Crippen LogP contribution in [-0.2, 0) is 6.42 Å². The monoisotopic (exact) mass is 394 g/mol. The second-order valence-corrected chi connectivity index (χ2v) is 9.06. The Morgan fingerprint density at radius 3 is 2.26 bits per heavy atom. The molecule has 0 atom stereocenters. The molecule has 2 fully saturated rings. The third-order valence-corrected chi connectivity index (χ3v) is 7.19. The fourth-order valence-electron chi connectivity index (χ4n) is 5.17. The van der Waals surface area contributed by atoms with E-state index in [0.29, 0.717) is 12.3 Å². The molecular formula is C24H33ClF2. The van der Waals surface area contributed by atoms with E-state index in [1.165, 1.54) is 57.8 Å². The fourth-order valence-corrected chi connectivity index (χ4v) is 5.29. The van der Waals surface area contributed by atoms with Crippen molar-refractivity contribution < 1.29 is 8.78 Å². The van der Waals surface area contributed by atoms with Crippen LogP contribution in [0.2, 0.25) is 5.02 Å². The molecule has 3 rings (SSSR count). The summed E-state index contributed by atoms with van der Waals surface area (Å²) in [6.45, 7) is -0.234. The number of benzene rings is 1. The molecule has 27 heavy (non-hydrogen) atoms. The summed E-state index contributed by atoms with van der Waals surface area (Å²) < 4.78 is 25.8. The molecule has 0 N–H and O–H groups in total. The average Bonchev–Trinajstić information content (AvgIpc) is 2.70. The molecule has 0 bridgehead atoms. The molecule has 0 heterocycles. The summed E-state index contributed by atoms with van der Waals surface area (Å²) >= 11 is 5.77. The van der Waals surface area contributed by atoms with Crippen LogP contribution in [0.1, 0.15) is 69.8 Å². The summed E-state index contributed by atoms with van der Waals surface area (Å²) in [5, 5.41) is 0.215. The number of aryl methyl sites for hydroxylation is 1. The Bertz CT molecular complexity index is 596. The largest absolute Gasteiger partial charge is 0.251 e. The van der Waals surface area contributed by atoms with Gasteiger partial charge >= 0.3 is 0 Å². The molecule has 1 aromatic carbocycles. The average molecular weight is 395 g/mol. The summed E-state index contributed by atoms with van der Waals surface area (Å²) in [7, 11) is 0. The third-order valence-electron chi connectivity index (χ3n) is 6.88. The van der Waals surface area contributed by atoms with Gasteiger partial charge in [0.25, 0.3) is 0 Å². The molecule has 0 saturated heterocycles. The molecule has 0 amide bonds. The minimum atomic E-state index is -0.298. The van der Waals surface area contributed by atoms with Crippen LogP contribution in [-0.4, -0.2) is 6.67 Å². The predicted octanol–water partition coefficient (Wildman–Crippen LogP) is 7.94. The van der Waals surface area contributed by atoms with Crippen LogP contribution in [0.5, 0.6) is 0 Å². The van der Waals surface area contributed by atoms with Gasteiger partial charge in [-0.15, -0.1) is 0 Å². The molecule has 0 spiro atoms. The summed E-state index contributed by atoms with van der Waals surface area (Å²) in [6.07, 6.45) is 17.7. The van der Waals surface area contributed by atoms with E-state index in [-0.39, 0.29) is 17.5 Å². The van der Waals surface area contributed by atoms with E-state index < -0.39 is 0 Å². The maximum absolute atomic E-state index is 13.6. The lowest BCUT2D eigenvalue weighted by atomic mass is 9.68. The van der Waals surface area contributed by atoms with Gasteiger partial charge in [0, 0.05) is 0 Å². The quantitative estimate of drug-likeness (QED) is 0.411. The fraction of sp³-hybridized carbons (Fsp3) is 0.667. The Labute approximate surface area is 168 Å². The zero-order chi connectivity index (χ0) is 19.1. The first-order valence-corrected chi connectivity index (χ1v) is 11.2. The smallest absolute Gasteiger partial charge is 0.142 e. The topological polar surface area (TPSA) is 0 Å². The lowest BCUT2D eigenvalue weighted by Gasteiger charge is -2.37. The molecular weight excluding hydrogens is 362 g/mol. The zero-order valence-electron chi connectivity index (χ0n) is 16.3. The Morgan fingerprint density at radius 2 is 1.63 bits per heavy atom. The van der Waals surface area contributed by atoms with Gasteiger partial charge in [-0.3, -0.25) is 4.39 Å². The van der Waals surface area contributed by atoms with Crippen molar-refractivity contribution in [1.82, 2.24) is 0 Å². The van der Waals surface area contributed by atoms with Crippen molar-refractivity contribution in [3.05, 3.63) is 46.8 Å². The van der Waals surface area contributed by atoms with Crippen LogP contribution in [0.15, 0.2) is 30.4 Å². The van der Waals surface area contributed by atoms with E-state index in [1.807, 2.05) is 12.1 Å². The summed E-state index contributed by atoms with van der Waals surface area (Å²) in [5.74, 6) is 2.99. The SMILES string of the molecule is FCC/C=C/C1CCC(C2CCC(CCc3ccc(Cl)c(F)c3)CC2)CC1. The molecule has 150 valence electrons. The highest BCUT2D eigenvalue weighted by Crippen LogP contribution is 2.42. The highest BCUT2D eigenvalue weighted by Gasteiger charge is 2.30. The predicted molar refractivity (Wildman–Crippen MR) is 110 cm³/mol. The molecule has 2 aliphatic rings. The van der Waals surface area contributed by atoms with Gasteiger partial charge < -0.3 is 0 Å². The van der Waals surface area contributed by atoms with Gasteiger partial charge in [0.15, 0.2) is 0 Å². The number of allylic oxidation sites excluding steroid dienone is 2. The highest BCUT2D eigenvalue weighted by atomic mass is 35.5. The molecule has 0 nitrogen and oxygen atoms in total. The lowest BCUT2D eigenvalue weighted by molar-refractivity contribution is 0.152. The minimum Gasteiger partial charge on any atom is -0.251 e. The van der Waals surface area contributed by atoms with Crippen molar-refractivity contribution in [1.29, 1.82) is 0 Å². The van der Waals surface area contributed by atoms with Crippen molar-refractivity contribution in [3.63, 3.8) is 0 Å². The molecule has 0 radical (unpaired) electrons. The van der Waals surface area contributed by atoms with Crippen LogP contribution in [0.3, 0.4) is 0 Å². The Balaban J connectivity index is 1.36.